The summed E-state index contributed by atoms with van der Waals surface area (Å²) in [4.78, 5) is 4.13. The van der Waals surface area contributed by atoms with Gasteiger partial charge in [-0.1, -0.05) is 23.7 Å². The number of nitrogens with zero attached hydrogens (tertiary/aromatic N) is 1. The van der Waals surface area contributed by atoms with Crippen LogP contribution in [0, 0.1) is 11.6 Å². The Morgan fingerprint density at radius 3 is 2.51 bits per heavy atom. The first kappa shape index (κ1) is 25.2. The van der Waals surface area contributed by atoms with Crippen LogP contribution in [0.3, 0.4) is 0 Å². The van der Waals surface area contributed by atoms with Crippen LogP contribution >= 0.6 is 11.6 Å². The summed E-state index contributed by atoms with van der Waals surface area (Å²) in [6, 6.07) is 10.7. The molecule has 35 heavy (non-hydrogen) atoms. The molecule has 1 aliphatic rings. The molecule has 1 aromatic heterocycles. The van der Waals surface area contributed by atoms with Crippen molar-refractivity contribution in [2.75, 3.05) is 22.8 Å². The first-order valence-electron chi connectivity index (χ1n) is 11.0. The molecule has 11 heteroatoms. The third-order valence-electron chi connectivity index (χ3n) is 5.54. The van der Waals surface area contributed by atoms with E-state index in [0.29, 0.717) is 23.8 Å². The third-order valence-corrected chi connectivity index (χ3v) is 7.22. The lowest BCUT2D eigenvalue weighted by molar-refractivity contribution is 0.221. The number of nitrogens with two attached hydrogens (primary N) is 1. The van der Waals surface area contributed by atoms with E-state index >= 15 is 0 Å². The van der Waals surface area contributed by atoms with Gasteiger partial charge in [-0.05, 0) is 55.7 Å². The average molecular weight is 523 g/mol. The number of aromatic nitrogens is 1. The molecule has 1 fully saturated rings. The average Bonchev–Trinajstić information content (AvgIpc) is 3.63. The SMILES string of the molecule is CC(Oc1cc(-c2ccc(NS(=O)(=O)CCNC3CC3)cc2)cnc1N)c1c(F)ccc(F)c1Cl. The standard InChI is InChI=1S/C24H25ClF2N4O3S/c1-14(22-19(26)8-9-20(27)23(22)25)34-21-12-16(13-30-24(21)28)15-2-4-18(5-3-15)31-35(32,33)11-10-29-17-6-7-17/h2-5,8-9,12-14,17,29,31H,6-7,10-11H2,1H3,(H2,28,30). The van der Waals surface area contributed by atoms with Crippen LogP contribution in [0.5, 0.6) is 5.75 Å². The Bertz CT molecular complexity index is 1320. The van der Waals surface area contributed by atoms with Crippen molar-refractivity contribution >= 4 is 33.1 Å². The van der Waals surface area contributed by atoms with Gasteiger partial charge in [0, 0.05) is 35.6 Å². The van der Waals surface area contributed by atoms with Crippen molar-refractivity contribution in [2.24, 2.45) is 0 Å². The highest BCUT2D eigenvalue weighted by Gasteiger charge is 2.22. The van der Waals surface area contributed by atoms with Crippen LogP contribution in [0.15, 0.2) is 48.7 Å². The first-order chi connectivity index (χ1) is 16.6. The fourth-order valence-corrected chi connectivity index (χ4v) is 4.81. The van der Waals surface area contributed by atoms with Crippen LogP contribution in [-0.2, 0) is 10.0 Å². The molecular formula is C24H25ClF2N4O3S. The number of nitrogen functional groups attached to an aromatic ring is 1. The molecule has 0 amide bonds. The number of hydrogen-bond acceptors (Lipinski definition) is 6. The molecule has 0 spiro atoms. The molecule has 1 aliphatic carbocycles. The van der Waals surface area contributed by atoms with Crippen LogP contribution in [0.4, 0.5) is 20.3 Å². The Balaban J connectivity index is 1.47. The quantitative estimate of drug-likeness (QED) is 0.327. The molecule has 1 unspecified atom stereocenters. The van der Waals surface area contributed by atoms with E-state index in [1.54, 1.807) is 30.3 Å². The molecule has 7 nitrogen and oxygen atoms in total. The lowest BCUT2D eigenvalue weighted by atomic mass is 10.1. The van der Waals surface area contributed by atoms with Crippen molar-refractivity contribution in [1.29, 1.82) is 0 Å². The summed E-state index contributed by atoms with van der Waals surface area (Å²) < 4.78 is 61.0. The van der Waals surface area contributed by atoms with Crippen molar-refractivity contribution in [3.05, 3.63) is 70.9 Å². The maximum Gasteiger partial charge on any atom is 0.233 e. The predicted molar refractivity (Wildman–Crippen MR) is 133 cm³/mol. The van der Waals surface area contributed by atoms with Crippen molar-refractivity contribution in [3.8, 4) is 16.9 Å². The van der Waals surface area contributed by atoms with Gasteiger partial charge >= 0.3 is 0 Å². The minimum atomic E-state index is -3.47. The van der Waals surface area contributed by atoms with E-state index in [4.69, 9.17) is 22.1 Å². The van der Waals surface area contributed by atoms with Crippen LogP contribution < -0.4 is 20.5 Å². The minimum Gasteiger partial charge on any atom is -0.482 e. The van der Waals surface area contributed by atoms with Crippen molar-refractivity contribution < 1.29 is 21.9 Å². The van der Waals surface area contributed by atoms with Gasteiger partial charge in [-0.3, -0.25) is 4.72 Å². The van der Waals surface area contributed by atoms with Gasteiger partial charge in [0.05, 0.1) is 10.8 Å². The molecule has 0 bridgehead atoms. The number of hydrogen-bond donors (Lipinski definition) is 3. The molecular weight excluding hydrogens is 498 g/mol. The molecule has 1 saturated carbocycles. The van der Waals surface area contributed by atoms with Gasteiger partial charge in [-0.15, -0.1) is 0 Å². The molecule has 1 atom stereocenters. The molecule has 4 N–H and O–H groups in total. The van der Waals surface area contributed by atoms with Gasteiger partial charge in [0.25, 0.3) is 0 Å². The van der Waals surface area contributed by atoms with Gasteiger partial charge in [-0.2, -0.15) is 0 Å². The fourth-order valence-electron chi connectivity index (χ4n) is 3.52. The van der Waals surface area contributed by atoms with Crippen molar-refractivity contribution in [3.63, 3.8) is 0 Å². The maximum absolute atomic E-state index is 14.3. The highest BCUT2D eigenvalue weighted by molar-refractivity contribution is 7.92. The molecule has 3 aromatic rings. The molecule has 186 valence electrons. The lowest BCUT2D eigenvalue weighted by Gasteiger charge is -2.19. The number of rotatable bonds is 10. The normalized spacial score (nSPS) is 14.5. The molecule has 0 radical (unpaired) electrons. The first-order valence-corrected chi connectivity index (χ1v) is 13.1. The van der Waals surface area contributed by atoms with E-state index in [9.17, 15) is 17.2 Å². The highest BCUT2D eigenvalue weighted by atomic mass is 35.5. The zero-order valence-electron chi connectivity index (χ0n) is 18.9. The summed E-state index contributed by atoms with van der Waals surface area (Å²) >= 11 is 5.94. The van der Waals surface area contributed by atoms with Crippen molar-refractivity contribution in [2.45, 2.75) is 31.9 Å². The van der Waals surface area contributed by atoms with E-state index in [1.165, 1.54) is 13.1 Å². The smallest absolute Gasteiger partial charge is 0.233 e. The Kier molecular flexibility index (Phi) is 7.44. The van der Waals surface area contributed by atoms with E-state index in [0.717, 1.165) is 30.5 Å². The van der Waals surface area contributed by atoms with Gasteiger partial charge in [0.1, 0.15) is 17.7 Å². The molecule has 0 aliphatic heterocycles. The second kappa shape index (κ2) is 10.3. The summed E-state index contributed by atoms with van der Waals surface area (Å²) in [6.07, 6.45) is 2.78. The lowest BCUT2D eigenvalue weighted by Crippen LogP contribution is -2.27. The number of anilines is 2. The van der Waals surface area contributed by atoms with E-state index in [1.807, 2.05) is 0 Å². The zero-order chi connectivity index (χ0) is 25.2. The summed E-state index contributed by atoms with van der Waals surface area (Å²) in [7, 11) is -3.47. The third kappa shape index (κ3) is 6.39. The number of ether oxygens (including phenoxy) is 1. The molecule has 2 aromatic carbocycles. The second-order valence-corrected chi connectivity index (χ2v) is 10.6. The summed E-state index contributed by atoms with van der Waals surface area (Å²) in [5.41, 5.74) is 7.61. The Morgan fingerprint density at radius 1 is 1.14 bits per heavy atom. The number of halogens is 3. The van der Waals surface area contributed by atoms with Crippen LogP contribution in [-0.4, -0.2) is 31.7 Å². The molecule has 0 saturated heterocycles. The number of pyridine rings is 1. The highest BCUT2D eigenvalue weighted by Crippen LogP contribution is 2.35. The van der Waals surface area contributed by atoms with Gasteiger partial charge in [0.2, 0.25) is 10.0 Å². The number of benzene rings is 2. The Morgan fingerprint density at radius 2 is 1.83 bits per heavy atom. The summed E-state index contributed by atoms with van der Waals surface area (Å²) in [6.45, 7) is 1.93. The fraction of sp³-hybridized carbons (Fsp3) is 0.292. The number of nitrogens with one attached hydrogen (secondary N) is 2. The minimum absolute atomic E-state index is 0.0120. The largest absolute Gasteiger partial charge is 0.482 e. The molecule has 4 rings (SSSR count). The van der Waals surface area contributed by atoms with E-state index in [2.05, 4.69) is 15.0 Å². The van der Waals surface area contributed by atoms with E-state index < -0.39 is 27.8 Å². The second-order valence-electron chi connectivity index (χ2n) is 8.35. The number of sulfonamides is 1. The van der Waals surface area contributed by atoms with Gasteiger partial charge in [0.15, 0.2) is 11.6 Å². The Hall–Kier alpha value is -2.95. The van der Waals surface area contributed by atoms with Crippen LogP contribution in [0.1, 0.15) is 31.4 Å². The monoisotopic (exact) mass is 522 g/mol. The maximum atomic E-state index is 14.3. The summed E-state index contributed by atoms with van der Waals surface area (Å²) in [5, 5.41) is 2.82. The van der Waals surface area contributed by atoms with Crippen molar-refractivity contribution in [1.82, 2.24) is 10.3 Å². The Labute approximate surface area is 207 Å². The topological polar surface area (TPSA) is 106 Å². The molecule has 1 heterocycles. The van der Waals surface area contributed by atoms with Crippen LogP contribution in [0.25, 0.3) is 11.1 Å². The van der Waals surface area contributed by atoms with Gasteiger partial charge < -0.3 is 15.8 Å². The van der Waals surface area contributed by atoms with Crippen LogP contribution in [0.2, 0.25) is 5.02 Å². The van der Waals surface area contributed by atoms with Gasteiger partial charge in [-0.25, -0.2) is 22.2 Å². The predicted octanol–water partition coefficient (Wildman–Crippen LogP) is 4.90. The van der Waals surface area contributed by atoms with E-state index in [-0.39, 0.29) is 27.9 Å². The summed E-state index contributed by atoms with van der Waals surface area (Å²) in [5.74, 6) is -1.23. The zero-order valence-corrected chi connectivity index (χ0v) is 20.5.